The molecule has 0 atom stereocenters. The van der Waals surface area contributed by atoms with Gasteiger partial charge in [-0.25, -0.2) is 4.98 Å². The van der Waals surface area contributed by atoms with Gasteiger partial charge in [0, 0.05) is 17.8 Å². The molecule has 9 heteroatoms. The van der Waals surface area contributed by atoms with E-state index in [0.29, 0.717) is 17.3 Å². The van der Waals surface area contributed by atoms with Crippen LogP contribution >= 0.6 is 23.4 Å². The first-order chi connectivity index (χ1) is 13.9. The molecule has 0 saturated carbocycles. The number of imidazole rings is 1. The molecular formula is C20H18ClF2N3O2S. The number of thioether (sulfide) groups is 1. The van der Waals surface area contributed by atoms with E-state index >= 15 is 0 Å². The summed E-state index contributed by atoms with van der Waals surface area (Å²) in [6.07, 6.45) is 0.710. The lowest BCUT2D eigenvalue weighted by Gasteiger charge is -2.09. The third-order valence-corrected chi connectivity index (χ3v) is 5.12. The van der Waals surface area contributed by atoms with E-state index in [9.17, 15) is 13.6 Å². The maximum Gasteiger partial charge on any atom is 0.387 e. The van der Waals surface area contributed by atoms with E-state index in [-0.39, 0.29) is 22.4 Å². The first kappa shape index (κ1) is 21.1. The normalized spacial score (nSPS) is 10.9. The largest absolute Gasteiger partial charge is 0.433 e. The molecule has 2 aromatic carbocycles. The molecule has 0 aliphatic heterocycles. The van der Waals surface area contributed by atoms with Crippen LogP contribution in [0.2, 0.25) is 5.02 Å². The number of halogens is 3. The molecule has 5 nitrogen and oxygen atoms in total. The number of aromatic amines is 1. The van der Waals surface area contributed by atoms with E-state index in [4.69, 9.17) is 11.6 Å². The highest BCUT2D eigenvalue weighted by atomic mass is 35.5. The summed E-state index contributed by atoms with van der Waals surface area (Å²) in [4.78, 5) is 19.9. The summed E-state index contributed by atoms with van der Waals surface area (Å²) in [5, 5.41) is 3.31. The SMILES string of the molecule is Cc1[nH]c(SCC(=O)Nc2ccc(OC(F)F)c(Cl)c2)nc1Cc1ccccc1. The molecule has 29 heavy (non-hydrogen) atoms. The standard InChI is InChI=1S/C20H18ClF2N3O2S/c1-12-16(9-13-5-3-2-4-6-13)26-20(24-12)29-11-18(27)25-14-7-8-17(15(21)10-14)28-19(22)23/h2-8,10,19H,9,11H2,1H3,(H,24,26)(H,25,27). The number of amides is 1. The summed E-state index contributed by atoms with van der Waals surface area (Å²) in [6, 6.07) is 14.1. The number of benzene rings is 2. The fourth-order valence-corrected chi connectivity index (χ4v) is 3.56. The van der Waals surface area contributed by atoms with Crippen LogP contribution in [0.4, 0.5) is 14.5 Å². The van der Waals surface area contributed by atoms with Gasteiger partial charge in [-0.3, -0.25) is 4.79 Å². The molecule has 1 amide bonds. The molecule has 0 saturated heterocycles. The van der Waals surface area contributed by atoms with Crippen molar-refractivity contribution < 1.29 is 18.3 Å². The van der Waals surface area contributed by atoms with Crippen LogP contribution < -0.4 is 10.1 Å². The molecule has 1 aromatic heterocycles. The van der Waals surface area contributed by atoms with Gasteiger partial charge in [0.15, 0.2) is 5.16 Å². The van der Waals surface area contributed by atoms with Crippen LogP contribution in [0.1, 0.15) is 17.0 Å². The van der Waals surface area contributed by atoms with Crippen LogP contribution in [0.25, 0.3) is 0 Å². The number of hydrogen-bond acceptors (Lipinski definition) is 4. The molecule has 1 heterocycles. The minimum atomic E-state index is -2.96. The van der Waals surface area contributed by atoms with Gasteiger partial charge in [0.1, 0.15) is 5.75 Å². The molecule has 0 aliphatic rings. The second-order valence-electron chi connectivity index (χ2n) is 6.14. The molecule has 0 spiro atoms. The number of nitrogens with zero attached hydrogens (tertiary/aromatic N) is 1. The highest BCUT2D eigenvalue weighted by Gasteiger charge is 2.12. The van der Waals surface area contributed by atoms with E-state index in [1.54, 1.807) is 0 Å². The fraction of sp³-hybridized carbons (Fsp3) is 0.200. The summed E-state index contributed by atoms with van der Waals surface area (Å²) in [6.45, 7) is -1.02. The molecule has 0 aliphatic carbocycles. The van der Waals surface area contributed by atoms with E-state index in [1.165, 1.54) is 30.0 Å². The molecule has 3 rings (SSSR count). The molecule has 0 unspecified atom stereocenters. The lowest BCUT2D eigenvalue weighted by molar-refractivity contribution is -0.113. The fourth-order valence-electron chi connectivity index (χ4n) is 2.60. The first-order valence-electron chi connectivity index (χ1n) is 8.67. The zero-order chi connectivity index (χ0) is 20.8. The van der Waals surface area contributed by atoms with Crippen molar-refractivity contribution in [3.8, 4) is 5.75 Å². The van der Waals surface area contributed by atoms with Crippen molar-refractivity contribution >= 4 is 35.0 Å². The average molecular weight is 438 g/mol. The van der Waals surface area contributed by atoms with Crippen molar-refractivity contribution in [3.05, 3.63) is 70.5 Å². The lowest BCUT2D eigenvalue weighted by atomic mass is 10.1. The number of rotatable bonds is 8. The average Bonchev–Trinajstić information content (AvgIpc) is 3.02. The zero-order valence-corrected chi connectivity index (χ0v) is 17.0. The van der Waals surface area contributed by atoms with Gasteiger partial charge in [-0.2, -0.15) is 8.78 Å². The van der Waals surface area contributed by atoms with Crippen molar-refractivity contribution in [2.75, 3.05) is 11.1 Å². The molecule has 152 valence electrons. The van der Waals surface area contributed by atoms with Gasteiger partial charge in [0.25, 0.3) is 0 Å². The quantitative estimate of drug-likeness (QED) is 0.469. The number of anilines is 1. The predicted octanol–water partition coefficient (Wildman–Crippen LogP) is 5.29. The summed E-state index contributed by atoms with van der Waals surface area (Å²) < 4.78 is 28.8. The number of ether oxygens (including phenoxy) is 1. The molecule has 0 fully saturated rings. The van der Waals surface area contributed by atoms with Crippen molar-refractivity contribution in [1.29, 1.82) is 0 Å². The monoisotopic (exact) mass is 437 g/mol. The maximum absolute atomic E-state index is 12.3. The summed E-state index contributed by atoms with van der Waals surface area (Å²) >= 11 is 7.16. The number of hydrogen-bond donors (Lipinski definition) is 2. The Hall–Kier alpha value is -2.58. The Kier molecular flexibility index (Phi) is 7.11. The van der Waals surface area contributed by atoms with E-state index in [0.717, 1.165) is 17.0 Å². The molecule has 2 N–H and O–H groups in total. The number of alkyl halides is 2. The number of H-pyrrole nitrogens is 1. The third-order valence-electron chi connectivity index (χ3n) is 3.95. The Bertz CT molecular complexity index is 983. The number of carbonyl (C=O) groups excluding carboxylic acids is 1. The zero-order valence-electron chi connectivity index (χ0n) is 15.4. The number of aromatic nitrogens is 2. The maximum atomic E-state index is 12.3. The van der Waals surface area contributed by atoms with Crippen molar-refractivity contribution in [3.63, 3.8) is 0 Å². The Morgan fingerprint density at radius 1 is 1.28 bits per heavy atom. The smallest absolute Gasteiger partial charge is 0.387 e. The third kappa shape index (κ3) is 6.20. The van der Waals surface area contributed by atoms with Gasteiger partial charge < -0.3 is 15.0 Å². The lowest BCUT2D eigenvalue weighted by Crippen LogP contribution is -2.14. The molecule has 0 radical (unpaired) electrons. The Morgan fingerprint density at radius 2 is 2.03 bits per heavy atom. The van der Waals surface area contributed by atoms with E-state index < -0.39 is 6.61 Å². The van der Waals surface area contributed by atoms with Crippen LogP contribution in [-0.4, -0.2) is 28.2 Å². The second kappa shape index (κ2) is 9.76. The number of nitrogens with one attached hydrogen (secondary N) is 2. The van der Waals surface area contributed by atoms with E-state index in [2.05, 4.69) is 20.0 Å². The van der Waals surface area contributed by atoms with E-state index in [1.807, 2.05) is 37.3 Å². The van der Waals surface area contributed by atoms with Crippen LogP contribution in [0.15, 0.2) is 53.7 Å². The van der Waals surface area contributed by atoms with Gasteiger partial charge in [0.05, 0.1) is 16.5 Å². The van der Waals surface area contributed by atoms with Crippen LogP contribution in [0, 0.1) is 6.92 Å². The van der Waals surface area contributed by atoms with Crippen molar-refractivity contribution in [1.82, 2.24) is 9.97 Å². The van der Waals surface area contributed by atoms with Gasteiger partial charge in [0.2, 0.25) is 5.91 Å². The summed E-state index contributed by atoms with van der Waals surface area (Å²) in [5.74, 6) is -0.289. The highest BCUT2D eigenvalue weighted by Crippen LogP contribution is 2.29. The van der Waals surface area contributed by atoms with Crippen LogP contribution in [0.5, 0.6) is 5.75 Å². The highest BCUT2D eigenvalue weighted by molar-refractivity contribution is 7.99. The molecule has 0 bridgehead atoms. The number of carbonyl (C=O) groups is 1. The first-order valence-corrected chi connectivity index (χ1v) is 10.0. The van der Waals surface area contributed by atoms with Gasteiger partial charge >= 0.3 is 6.61 Å². The summed E-state index contributed by atoms with van der Waals surface area (Å²) in [7, 11) is 0. The van der Waals surface area contributed by atoms with Crippen molar-refractivity contribution in [2.24, 2.45) is 0 Å². The van der Waals surface area contributed by atoms with Gasteiger partial charge in [-0.1, -0.05) is 53.7 Å². The Morgan fingerprint density at radius 3 is 2.72 bits per heavy atom. The van der Waals surface area contributed by atoms with Crippen molar-refractivity contribution in [2.45, 2.75) is 25.1 Å². The summed E-state index contributed by atoms with van der Waals surface area (Å²) in [5.41, 5.74) is 3.44. The number of aryl methyl sites for hydroxylation is 1. The minimum Gasteiger partial charge on any atom is -0.433 e. The predicted molar refractivity (Wildman–Crippen MR) is 110 cm³/mol. The molecular weight excluding hydrogens is 420 g/mol. The molecule has 3 aromatic rings. The van der Waals surface area contributed by atoms with Crippen LogP contribution in [0.3, 0.4) is 0 Å². The second-order valence-corrected chi connectivity index (χ2v) is 7.51. The van der Waals surface area contributed by atoms with Crippen LogP contribution in [-0.2, 0) is 11.2 Å². The van der Waals surface area contributed by atoms with Gasteiger partial charge in [-0.15, -0.1) is 0 Å². The Labute approximate surface area is 175 Å². The minimum absolute atomic E-state index is 0.0111. The topological polar surface area (TPSA) is 67.0 Å². The Balaban J connectivity index is 1.54. The van der Waals surface area contributed by atoms with Gasteiger partial charge in [-0.05, 0) is 30.7 Å².